The van der Waals surface area contributed by atoms with Crippen molar-refractivity contribution in [2.75, 3.05) is 0 Å². The van der Waals surface area contributed by atoms with Crippen LogP contribution in [0, 0.1) is 13.8 Å². The van der Waals surface area contributed by atoms with Gasteiger partial charge in [-0.3, -0.25) is 0 Å². The van der Waals surface area contributed by atoms with E-state index in [0.29, 0.717) is 5.56 Å². The number of aromatic nitrogens is 1. The van der Waals surface area contributed by atoms with E-state index in [9.17, 15) is 9.90 Å². The van der Waals surface area contributed by atoms with Crippen LogP contribution in [0.25, 0.3) is 0 Å². The summed E-state index contributed by atoms with van der Waals surface area (Å²) in [5.74, 6) is -0.905. The molecule has 2 aromatic rings. The van der Waals surface area contributed by atoms with Gasteiger partial charge in [-0.1, -0.05) is 37.2 Å². The fourth-order valence-electron chi connectivity index (χ4n) is 2.05. The van der Waals surface area contributed by atoms with Gasteiger partial charge in [0, 0.05) is 10.6 Å². The third-order valence-corrected chi connectivity index (χ3v) is 4.24. The van der Waals surface area contributed by atoms with E-state index < -0.39 is 5.97 Å². The number of pyridine rings is 1. The molecule has 1 heterocycles. The minimum Gasteiger partial charge on any atom is -0.478 e. The Morgan fingerprint density at radius 2 is 2.00 bits per heavy atom. The summed E-state index contributed by atoms with van der Waals surface area (Å²) in [5, 5.41) is 9.97. The maximum atomic E-state index is 11.2. The SMILES string of the molecule is CCCc1cc(C(=O)O)cc(Sc2cc(C)ccc2C)n1. The molecule has 4 heteroatoms. The molecule has 0 unspecified atom stereocenters. The summed E-state index contributed by atoms with van der Waals surface area (Å²) in [6, 6.07) is 9.57. The predicted octanol–water partition coefficient (Wildman–Crippen LogP) is 4.50. The van der Waals surface area contributed by atoms with E-state index in [1.54, 1.807) is 12.1 Å². The Morgan fingerprint density at radius 1 is 1.24 bits per heavy atom. The highest BCUT2D eigenvalue weighted by atomic mass is 32.2. The van der Waals surface area contributed by atoms with Crippen LogP contribution in [0.4, 0.5) is 0 Å². The topological polar surface area (TPSA) is 50.2 Å². The molecule has 0 aliphatic rings. The van der Waals surface area contributed by atoms with Crippen LogP contribution < -0.4 is 0 Å². The Labute approximate surface area is 129 Å². The molecule has 0 spiro atoms. The molecule has 0 saturated carbocycles. The molecule has 0 fully saturated rings. The zero-order valence-corrected chi connectivity index (χ0v) is 13.3. The highest BCUT2D eigenvalue weighted by Crippen LogP contribution is 2.30. The zero-order valence-electron chi connectivity index (χ0n) is 12.5. The summed E-state index contributed by atoms with van der Waals surface area (Å²) in [6.07, 6.45) is 1.74. The molecule has 110 valence electrons. The lowest BCUT2D eigenvalue weighted by molar-refractivity contribution is 0.0696. The van der Waals surface area contributed by atoms with E-state index in [1.807, 2.05) is 6.92 Å². The second kappa shape index (κ2) is 6.76. The maximum Gasteiger partial charge on any atom is 0.335 e. The molecular formula is C17H19NO2S. The molecule has 0 amide bonds. The number of rotatable bonds is 5. The molecule has 1 aromatic carbocycles. The van der Waals surface area contributed by atoms with Crippen LogP contribution in [0.2, 0.25) is 0 Å². The second-order valence-electron chi connectivity index (χ2n) is 5.11. The number of hydrogen-bond donors (Lipinski definition) is 1. The zero-order chi connectivity index (χ0) is 15.4. The first-order chi connectivity index (χ1) is 9.99. The van der Waals surface area contributed by atoms with Crippen molar-refractivity contribution >= 4 is 17.7 Å². The average molecular weight is 301 g/mol. The van der Waals surface area contributed by atoms with Crippen molar-refractivity contribution in [2.24, 2.45) is 0 Å². The summed E-state index contributed by atoms with van der Waals surface area (Å²) >= 11 is 1.53. The molecule has 1 aromatic heterocycles. The molecule has 0 radical (unpaired) electrons. The van der Waals surface area contributed by atoms with Crippen molar-refractivity contribution in [1.29, 1.82) is 0 Å². The fourth-order valence-corrected chi connectivity index (χ4v) is 3.10. The first-order valence-corrected chi connectivity index (χ1v) is 7.80. The number of aromatic carboxylic acids is 1. The number of hydrogen-bond acceptors (Lipinski definition) is 3. The van der Waals surface area contributed by atoms with Crippen LogP contribution >= 0.6 is 11.8 Å². The number of carbonyl (C=O) groups is 1. The molecule has 0 aliphatic heterocycles. The highest BCUT2D eigenvalue weighted by molar-refractivity contribution is 7.99. The number of nitrogens with zero attached hydrogens (tertiary/aromatic N) is 1. The molecule has 0 bridgehead atoms. The maximum absolute atomic E-state index is 11.2. The molecular weight excluding hydrogens is 282 g/mol. The Morgan fingerprint density at radius 3 is 2.67 bits per heavy atom. The molecule has 3 nitrogen and oxygen atoms in total. The molecule has 21 heavy (non-hydrogen) atoms. The van der Waals surface area contributed by atoms with E-state index >= 15 is 0 Å². The van der Waals surface area contributed by atoms with Gasteiger partial charge >= 0.3 is 5.97 Å². The van der Waals surface area contributed by atoms with Gasteiger partial charge in [-0.25, -0.2) is 9.78 Å². The predicted molar refractivity (Wildman–Crippen MR) is 85.2 cm³/mol. The van der Waals surface area contributed by atoms with Gasteiger partial charge in [0.1, 0.15) is 5.03 Å². The molecule has 0 saturated heterocycles. The van der Waals surface area contributed by atoms with Crippen LogP contribution in [-0.2, 0) is 6.42 Å². The number of carboxylic acid groups (broad SMARTS) is 1. The van der Waals surface area contributed by atoms with Gasteiger partial charge in [0.05, 0.1) is 5.56 Å². The van der Waals surface area contributed by atoms with Gasteiger partial charge in [-0.2, -0.15) is 0 Å². The van der Waals surface area contributed by atoms with Crippen molar-refractivity contribution in [3.63, 3.8) is 0 Å². The lowest BCUT2D eigenvalue weighted by Gasteiger charge is -2.09. The largest absolute Gasteiger partial charge is 0.478 e. The van der Waals surface area contributed by atoms with Crippen LogP contribution in [0.15, 0.2) is 40.3 Å². The van der Waals surface area contributed by atoms with Crippen molar-refractivity contribution in [2.45, 2.75) is 43.5 Å². The van der Waals surface area contributed by atoms with E-state index in [-0.39, 0.29) is 0 Å². The normalized spacial score (nSPS) is 10.6. The number of aryl methyl sites for hydroxylation is 3. The lowest BCUT2D eigenvalue weighted by Crippen LogP contribution is -2.01. The van der Waals surface area contributed by atoms with Crippen LogP contribution in [0.3, 0.4) is 0 Å². The van der Waals surface area contributed by atoms with Gasteiger partial charge in [0.15, 0.2) is 0 Å². The van der Waals surface area contributed by atoms with Crippen molar-refractivity contribution in [3.05, 3.63) is 52.7 Å². The summed E-state index contributed by atoms with van der Waals surface area (Å²) < 4.78 is 0. The summed E-state index contributed by atoms with van der Waals surface area (Å²) in [6.45, 7) is 6.16. The van der Waals surface area contributed by atoms with Gasteiger partial charge in [0.25, 0.3) is 0 Å². The summed E-state index contributed by atoms with van der Waals surface area (Å²) in [4.78, 5) is 16.9. The third-order valence-electron chi connectivity index (χ3n) is 3.17. The third kappa shape index (κ3) is 4.08. The number of carboxylic acids is 1. The average Bonchev–Trinajstić information content (AvgIpc) is 2.43. The molecule has 0 atom stereocenters. The van der Waals surface area contributed by atoms with Crippen molar-refractivity contribution < 1.29 is 9.90 Å². The molecule has 2 rings (SSSR count). The quantitative estimate of drug-likeness (QED) is 0.883. The van der Waals surface area contributed by atoms with Gasteiger partial charge in [0.2, 0.25) is 0 Å². The second-order valence-corrected chi connectivity index (χ2v) is 6.17. The Bertz CT molecular complexity index is 668. The van der Waals surface area contributed by atoms with Gasteiger partial charge in [-0.05, 0) is 49.6 Å². The minimum absolute atomic E-state index is 0.307. The van der Waals surface area contributed by atoms with E-state index in [1.165, 1.54) is 22.9 Å². The molecule has 0 aliphatic carbocycles. The number of benzene rings is 1. The van der Waals surface area contributed by atoms with Crippen LogP contribution in [0.1, 0.15) is 40.5 Å². The van der Waals surface area contributed by atoms with Crippen molar-refractivity contribution in [1.82, 2.24) is 4.98 Å². The summed E-state index contributed by atoms with van der Waals surface area (Å²) in [7, 11) is 0. The van der Waals surface area contributed by atoms with Crippen LogP contribution in [0.5, 0.6) is 0 Å². The standard InChI is InChI=1S/C17H19NO2S/c1-4-5-14-9-13(17(19)20)10-16(18-14)21-15-8-11(2)6-7-12(15)3/h6-10H,4-5H2,1-3H3,(H,19,20). The fraction of sp³-hybridized carbons (Fsp3) is 0.294. The monoisotopic (exact) mass is 301 g/mol. The Balaban J connectivity index is 2.38. The minimum atomic E-state index is -0.905. The lowest BCUT2D eigenvalue weighted by atomic mass is 10.2. The van der Waals surface area contributed by atoms with Gasteiger partial charge < -0.3 is 5.11 Å². The highest BCUT2D eigenvalue weighted by Gasteiger charge is 2.10. The summed E-state index contributed by atoms with van der Waals surface area (Å²) in [5.41, 5.74) is 3.50. The molecule has 1 N–H and O–H groups in total. The first kappa shape index (κ1) is 15.6. The Hall–Kier alpha value is -1.81. The van der Waals surface area contributed by atoms with E-state index in [0.717, 1.165) is 28.5 Å². The Kier molecular flexibility index (Phi) is 5.02. The van der Waals surface area contributed by atoms with Crippen molar-refractivity contribution in [3.8, 4) is 0 Å². The smallest absolute Gasteiger partial charge is 0.335 e. The van der Waals surface area contributed by atoms with E-state index in [2.05, 4.69) is 37.0 Å². The first-order valence-electron chi connectivity index (χ1n) is 6.99. The van der Waals surface area contributed by atoms with E-state index in [4.69, 9.17) is 0 Å². The van der Waals surface area contributed by atoms with Gasteiger partial charge in [-0.15, -0.1) is 0 Å². The van der Waals surface area contributed by atoms with Crippen LogP contribution in [-0.4, -0.2) is 16.1 Å².